The molecule has 2 aromatic carbocycles. The van der Waals surface area contributed by atoms with Gasteiger partial charge < -0.3 is 10.0 Å². The molecule has 0 aliphatic carbocycles. The Morgan fingerprint density at radius 1 is 1.04 bits per heavy atom. The molecule has 1 amide bonds. The number of carbonyl (C=O) groups is 1. The molecule has 0 spiro atoms. The number of fused-ring (bicyclic) bond motifs is 3. The highest BCUT2D eigenvalue weighted by Gasteiger charge is 2.30. The number of aromatic nitrogens is 3. The lowest BCUT2D eigenvalue weighted by Gasteiger charge is -2.24. The number of rotatable bonds is 3. The van der Waals surface area contributed by atoms with Crippen LogP contribution in [0, 0.1) is 0 Å². The Kier molecular flexibility index (Phi) is 4.06. The number of aliphatic hydroxyl groups is 1. The van der Waals surface area contributed by atoms with E-state index in [9.17, 15) is 9.90 Å². The van der Waals surface area contributed by atoms with Crippen LogP contribution in [0.4, 0.5) is 0 Å². The molecule has 3 heterocycles. The summed E-state index contributed by atoms with van der Waals surface area (Å²) >= 11 is 0. The minimum Gasteiger partial charge on any atom is -0.394 e. The molecule has 0 saturated carbocycles. The lowest BCUT2D eigenvalue weighted by Crippen LogP contribution is -2.37. The van der Waals surface area contributed by atoms with Gasteiger partial charge in [0.2, 0.25) is 0 Å². The number of benzene rings is 2. The van der Waals surface area contributed by atoms with Gasteiger partial charge in [0.05, 0.1) is 18.2 Å². The third kappa shape index (κ3) is 2.57. The predicted molar refractivity (Wildman–Crippen MR) is 107 cm³/mol. The molecule has 5 rings (SSSR count). The zero-order valence-corrected chi connectivity index (χ0v) is 15.3. The highest BCUT2D eigenvalue weighted by Crippen LogP contribution is 2.29. The summed E-state index contributed by atoms with van der Waals surface area (Å²) in [5, 5.41) is 20.2. The van der Waals surface area contributed by atoms with E-state index < -0.39 is 0 Å². The van der Waals surface area contributed by atoms with Crippen LogP contribution in [0.25, 0.3) is 27.8 Å². The monoisotopic (exact) mass is 372 g/mol. The van der Waals surface area contributed by atoms with Crippen LogP contribution in [0.3, 0.4) is 0 Å². The van der Waals surface area contributed by atoms with Gasteiger partial charge in [-0.1, -0.05) is 54.6 Å². The van der Waals surface area contributed by atoms with E-state index >= 15 is 0 Å². The number of aliphatic hydroxyl groups excluding tert-OH is 1. The number of hydrogen-bond donors (Lipinski definition) is 1. The van der Waals surface area contributed by atoms with Crippen LogP contribution in [0.1, 0.15) is 23.2 Å². The minimum atomic E-state index is -0.114. The zero-order valence-electron chi connectivity index (χ0n) is 15.3. The van der Waals surface area contributed by atoms with Crippen molar-refractivity contribution in [3.63, 3.8) is 0 Å². The summed E-state index contributed by atoms with van der Waals surface area (Å²) in [6.07, 6.45) is 3.60. The van der Waals surface area contributed by atoms with Crippen molar-refractivity contribution in [1.82, 2.24) is 19.5 Å². The molecule has 140 valence electrons. The molecule has 4 aromatic rings. The number of likely N-dealkylation sites (tertiary alicyclic amines) is 1. The van der Waals surface area contributed by atoms with Crippen molar-refractivity contribution in [1.29, 1.82) is 0 Å². The molecule has 1 N–H and O–H groups in total. The Morgan fingerprint density at radius 2 is 1.79 bits per heavy atom. The van der Waals surface area contributed by atoms with Crippen molar-refractivity contribution in [2.24, 2.45) is 0 Å². The van der Waals surface area contributed by atoms with Gasteiger partial charge in [0.1, 0.15) is 0 Å². The molecule has 1 aliphatic heterocycles. The van der Waals surface area contributed by atoms with Gasteiger partial charge in [0.15, 0.2) is 11.5 Å². The van der Waals surface area contributed by atoms with Crippen LogP contribution in [-0.4, -0.2) is 49.7 Å². The van der Waals surface area contributed by atoms with Gasteiger partial charge in [-0.25, -0.2) is 0 Å². The molecule has 6 nitrogen and oxygen atoms in total. The first-order chi connectivity index (χ1) is 13.8. The molecule has 0 bridgehead atoms. The Morgan fingerprint density at radius 3 is 2.57 bits per heavy atom. The third-order valence-electron chi connectivity index (χ3n) is 5.52. The lowest BCUT2D eigenvalue weighted by atomic mass is 10.1. The third-order valence-corrected chi connectivity index (χ3v) is 5.52. The van der Waals surface area contributed by atoms with Gasteiger partial charge in [-0.3, -0.25) is 9.20 Å². The quantitative estimate of drug-likeness (QED) is 0.600. The van der Waals surface area contributed by atoms with E-state index in [0.717, 1.165) is 34.8 Å². The number of amides is 1. The SMILES string of the molecule is O=C(c1cn2c(-c3ccccc3)nnc2c2ccccc12)N1CCC[C@@H]1CO. The molecule has 2 aromatic heterocycles. The first kappa shape index (κ1) is 16.9. The maximum atomic E-state index is 13.4. The minimum absolute atomic E-state index is 0.00614. The molecule has 1 saturated heterocycles. The van der Waals surface area contributed by atoms with E-state index in [1.165, 1.54) is 0 Å². The maximum absolute atomic E-state index is 13.4. The number of pyridine rings is 1. The van der Waals surface area contributed by atoms with Crippen LogP contribution >= 0.6 is 0 Å². The molecule has 1 atom stereocenters. The Balaban J connectivity index is 1.75. The van der Waals surface area contributed by atoms with Gasteiger partial charge in [-0.15, -0.1) is 10.2 Å². The maximum Gasteiger partial charge on any atom is 0.256 e. The van der Waals surface area contributed by atoms with Crippen molar-refractivity contribution in [2.75, 3.05) is 13.2 Å². The summed E-state index contributed by atoms with van der Waals surface area (Å²) in [4.78, 5) is 15.2. The molecule has 0 unspecified atom stereocenters. The van der Waals surface area contributed by atoms with E-state index in [0.29, 0.717) is 17.9 Å². The van der Waals surface area contributed by atoms with E-state index in [4.69, 9.17) is 0 Å². The fourth-order valence-electron chi connectivity index (χ4n) is 4.11. The van der Waals surface area contributed by atoms with E-state index in [2.05, 4.69) is 10.2 Å². The standard InChI is InChI=1S/C22H20N4O2/c27-14-16-9-6-12-25(16)22(28)19-13-26-20(15-7-2-1-3-8-15)23-24-21(26)18-11-5-4-10-17(18)19/h1-5,7-8,10-11,13,16,27H,6,9,12,14H2/t16-/m1/s1. The van der Waals surface area contributed by atoms with E-state index in [1.807, 2.05) is 65.2 Å². The Bertz CT molecular complexity index is 1170. The first-order valence-electron chi connectivity index (χ1n) is 9.51. The topological polar surface area (TPSA) is 70.7 Å². The summed E-state index contributed by atoms with van der Waals surface area (Å²) in [6.45, 7) is 0.665. The molecule has 28 heavy (non-hydrogen) atoms. The van der Waals surface area contributed by atoms with Gasteiger partial charge in [0, 0.05) is 23.7 Å². The molecule has 1 aliphatic rings. The highest BCUT2D eigenvalue weighted by atomic mass is 16.3. The first-order valence-corrected chi connectivity index (χ1v) is 9.51. The van der Waals surface area contributed by atoms with Gasteiger partial charge >= 0.3 is 0 Å². The molecular formula is C22H20N4O2. The largest absolute Gasteiger partial charge is 0.394 e. The lowest BCUT2D eigenvalue weighted by molar-refractivity contribution is 0.0679. The van der Waals surface area contributed by atoms with Crippen molar-refractivity contribution in [3.05, 3.63) is 66.4 Å². The van der Waals surface area contributed by atoms with Crippen molar-refractivity contribution < 1.29 is 9.90 Å². The van der Waals surface area contributed by atoms with E-state index in [-0.39, 0.29) is 18.6 Å². The van der Waals surface area contributed by atoms with Gasteiger partial charge in [-0.05, 0) is 18.2 Å². The van der Waals surface area contributed by atoms with Crippen LogP contribution < -0.4 is 0 Å². The van der Waals surface area contributed by atoms with Crippen LogP contribution in [0.15, 0.2) is 60.8 Å². The molecule has 1 fully saturated rings. The Hall–Kier alpha value is -3.25. The van der Waals surface area contributed by atoms with Crippen LogP contribution in [0.5, 0.6) is 0 Å². The summed E-state index contributed by atoms with van der Waals surface area (Å²) in [5.74, 6) is 0.651. The van der Waals surface area contributed by atoms with Crippen LogP contribution in [0.2, 0.25) is 0 Å². The second-order valence-electron chi connectivity index (χ2n) is 7.15. The number of hydrogen-bond acceptors (Lipinski definition) is 4. The zero-order chi connectivity index (χ0) is 19.1. The summed E-state index contributed by atoms with van der Waals surface area (Å²) < 4.78 is 1.90. The van der Waals surface area contributed by atoms with Gasteiger partial charge in [0.25, 0.3) is 5.91 Å². The summed E-state index contributed by atoms with van der Waals surface area (Å²) in [6, 6.07) is 17.5. The highest BCUT2D eigenvalue weighted by molar-refractivity contribution is 6.10. The van der Waals surface area contributed by atoms with Crippen molar-refractivity contribution in [3.8, 4) is 11.4 Å². The van der Waals surface area contributed by atoms with Crippen LogP contribution in [-0.2, 0) is 0 Å². The number of carbonyl (C=O) groups excluding carboxylic acids is 1. The molecule has 6 heteroatoms. The molecular weight excluding hydrogens is 352 g/mol. The smallest absolute Gasteiger partial charge is 0.256 e. The average Bonchev–Trinajstić information content (AvgIpc) is 3.40. The average molecular weight is 372 g/mol. The number of nitrogens with zero attached hydrogens (tertiary/aromatic N) is 4. The second kappa shape index (κ2) is 6.73. The fourth-order valence-corrected chi connectivity index (χ4v) is 4.11. The Labute approximate surface area is 162 Å². The summed E-state index contributed by atoms with van der Waals surface area (Å²) in [7, 11) is 0. The fraction of sp³-hybridized carbons (Fsp3) is 0.227. The predicted octanol–water partition coefficient (Wildman–Crippen LogP) is 3.15. The van der Waals surface area contributed by atoms with Gasteiger partial charge in [-0.2, -0.15) is 0 Å². The summed E-state index contributed by atoms with van der Waals surface area (Å²) in [5.41, 5.74) is 2.28. The van der Waals surface area contributed by atoms with Crippen molar-refractivity contribution in [2.45, 2.75) is 18.9 Å². The second-order valence-corrected chi connectivity index (χ2v) is 7.15. The van der Waals surface area contributed by atoms with Crippen molar-refractivity contribution >= 4 is 22.3 Å². The molecule has 0 radical (unpaired) electrons. The normalized spacial score (nSPS) is 16.9. The van der Waals surface area contributed by atoms with E-state index in [1.54, 1.807) is 4.90 Å².